The Hall–Kier alpha value is -3.08. The number of phenolic OH excluding ortho intramolecular Hbond substituents is 2. The Bertz CT molecular complexity index is 920. The van der Waals surface area contributed by atoms with Crippen molar-refractivity contribution in [3.8, 4) is 11.5 Å². The van der Waals surface area contributed by atoms with E-state index in [1.54, 1.807) is 6.07 Å². The predicted molar refractivity (Wildman–Crippen MR) is 92.9 cm³/mol. The molecule has 0 aliphatic rings. The van der Waals surface area contributed by atoms with Gasteiger partial charge in [-0.1, -0.05) is 36.3 Å². The third kappa shape index (κ3) is 3.01. The molecular weight excluding hydrogens is 304 g/mol. The Balaban J connectivity index is 1.97. The lowest BCUT2D eigenvalue weighted by Gasteiger charge is -2.11. The fourth-order valence-corrected chi connectivity index (χ4v) is 2.70. The average molecular weight is 322 g/mol. The molecule has 3 rings (SSSR count). The van der Waals surface area contributed by atoms with Crippen LogP contribution in [0.25, 0.3) is 10.9 Å². The number of aromatic nitrogens is 1. The SMILES string of the molecule is CCc1cc(/C(Cc2ccc3ccccc3n2)=N\O)c(O)cc1O. The normalized spacial score (nSPS) is 11.8. The van der Waals surface area contributed by atoms with Crippen molar-refractivity contribution in [1.82, 2.24) is 4.98 Å². The first kappa shape index (κ1) is 15.8. The van der Waals surface area contributed by atoms with Gasteiger partial charge in [-0.2, -0.15) is 0 Å². The van der Waals surface area contributed by atoms with Crippen LogP contribution in [0, 0.1) is 0 Å². The molecule has 0 fully saturated rings. The summed E-state index contributed by atoms with van der Waals surface area (Å²) in [4.78, 5) is 4.56. The highest BCUT2D eigenvalue weighted by Crippen LogP contribution is 2.29. The molecular formula is C19H18N2O3. The van der Waals surface area contributed by atoms with Crippen molar-refractivity contribution in [2.45, 2.75) is 19.8 Å². The monoisotopic (exact) mass is 322 g/mol. The molecule has 3 aromatic rings. The highest BCUT2D eigenvalue weighted by molar-refractivity contribution is 6.04. The van der Waals surface area contributed by atoms with E-state index >= 15 is 0 Å². The molecule has 0 atom stereocenters. The summed E-state index contributed by atoms with van der Waals surface area (Å²) in [5.74, 6) is -0.0989. The van der Waals surface area contributed by atoms with Gasteiger partial charge in [0.1, 0.15) is 11.5 Å². The van der Waals surface area contributed by atoms with E-state index < -0.39 is 0 Å². The van der Waals surface area contributed by atoms with Gasteiger partial charge in [-0.3, -0.25) is 4.98 Å². The summed E-state index contributed by atoms with van der Waals surface area (Å²) in [5.41, 5.74) is 2.95. The van der Waals surface area contributed by atoms with E-state index in [-0.39, 0.29) is 17.9 Å². The number of hydrogen-bond acceptors (Lipinski definition) is 5. The molecule has 0 saturated carbocycles. The second-order valence-corrected chi connectivity index (χ2v) is 5.57. The summed E-state index contributed by atoms with van der Waals surface area (Å²) in [7, 11) is 0. The van der Waals surface area contributed by atoms with Gasteiger partial charge < -0.3 is 15.4 Å². The molecule has 2 aromatic carbocycles. The minimum absolute atomic E-state index is 0.0277. The first-order valence-electron chi connectivity index (χ1n) is 7.73. The zero-order valence-electron chi connectivity index (χ0n) is 13.3. The van der Waals surface area contributed by atoms with Crippen molar-refractivity contribution in [3.63, 3.8) is 0 Å². The quantitative estimate of drug-likeness (QED) is 0.389. The van der Waals surface area contributed by atoms with Gasteiger partial charge in [-0.25, -0.2) is 0 Å². The lowest BCUT2D eigenvalue weighted by Crippen LogP contribution is -2.08. The van der Waals surface area contributed by atoms with Crippen LogP contribution in [0.15, 0.2) is 53.7 Å². The summed E-state index contributed by atoms with van der Waals surface area (Å²) in [6.07, 6.45) is 0.870. The Morgan fingerprint density at radius 2 is 1.83 bits per heavy atom. The molecule has 24 heavy (non-hydrogen) atoms. The van der Waals surface area contributed by atoms with Crippen LogP contribution >= 0.6 is 0 Å². The lowest BCUT2D eigenvalue weighted by molar-refractivity contribution is 0.318. The fourth-order valence-electron chi connectivity index (χ4n) is 2.70. The molecule has 5 heteroatoms. The van der Waals surface area contributed by atoms with E-state index in [1.165, 1.54) is 6.07 Å². The van der Waals surface area contributed by atoms with Gasteiger partial charge in [0.2, 0.25) is 0 Å². The van der Waals surface area contributed by atoms with Crippen LogP contribution in [0.3, 0.4) is 0 Å². The van der Waals surface area contributed by atoms with Gasteiger partial charge in [-0.05, 0) is 30.2 Å². The molecule has 0 radical (unpaired) electrons. The fraction of sp³-hybridized carbons (Fsp3) is 0.158. The molecule has 0 amide bonds. The van der Waals surface area contributed by atoms with Crippen LogP contribution in [0.2, 0.25) is 0 Å². The van der Waals surface area contributed by atoms with Gasteiger partial charge in [0.05, 0.1) is 11.2 Å². The van der Waals surface area contributed by atoms with E-state index in [1.807, 2.05) is 43.3 Å². The number of hydrogen-bond donors (Lipinski definition) is 3. The second-order valence-electron chi connectivity index (χ2n) is 5.57. The molecule has 0 aliphatic carbocycles. The van der Waals surface area contributed by atoms with E-state index in [4.69, 9.17) is 0 Å². The van der Waals surface area contributed by atoms with Crippen LogP contribution in [-0.2, 0) is 12.8 Å². The van der Waals surface area contributed by atoms with Gasteiger partial charge >= 0.3 is 0 Å². The third-order valence-corrected chi connectivity index (χ3v) is 4.01. The third-order valence-electron chi connectivity index (χ3n) is 4.01. The Labute approximate surface area is 139 Å². The van der Waals surface area contributed by atoms with E-state index in [9.17, 15) is 15.4 Å². The number of nitrogens with zero attached hydrogens (tertiary/aromatic N) is 2. The smallest absolute Gasteiger partial charge is 0.128 e. The zero-order chi connectivity index (χ0) is 17.1. The number of aromatic hydroxyl groups is 2. The number of para-hydroxylation sites is 1. The lowest BCUT2D eigenvalue weighted by atomic mass is 9.99. The minimum atomic E-state index is -0.127. The van der Waals surface area contributed by atoms with Crippen LogP contribution in [0.5, 0.6) is 11.5 Å². The molecule has 0 saturated heterocycles. The molecule has 1 heterocycles. The highest BCUT2D eigenvalue weighted by Gasteiger charge is 2.15. The van der Waals surface area contributed by atoms with Gasteiger partial charge in [0, 0.05) is 29.1 Å². The topological polar surface area (TPSA) is 85.9 Å². The molecule has 0 bridgehead atoms. The molecule has 0 aliphatic heterocycles. The van der Waals surface area contributed by atoms with E-state index in [0.717, 1.165) is 16.6 Å². The standard InChI is InChI=1S/C19H18N2O3/c1-2-12-9-15(19(23)11-18(12)22)17(21-24)10-14-8-7-13-5-3-4-6-16(13)20-14/h3-9,11,22-24H,2,10H2,1H3/b21-17-. The number of phenols is 2. The van der Waals surface area contributed by atoms with Gasteiger partial charge in [0.25, 0.3) is 0 Å². The van der Waals surface area contributed by atoms with Gasteiger partial charge in [-0.15, -0.1) is 0 Å². The van der Waals surface area contributed by atoms with Crippen molar-refractivity contribution in [2.24, 2.45) is 5.16 Å². The predicted octanol–water partition coefficient (Wildman–Crippen LogP) is 3.63. The maximum absolute atomic E-state index is 10.1. The molecule has 122 valence electrons. The zero-order valence-corrected chi connectivity index (χ0v) is 13.3. The molecule has 5 nitrogen and oxygen atoms in total. The molecule has 3 N–H and O–H groups in total. The van der Waals surface area contributed by atoms with Crippen LogP contribution in [-0.4, -0.2) is 26.1 Å². The number of pyridine rings is 1. The minimum Gasteiger partial charge on any atom is -0.508 e. The van der Waals surface area contributed by atoms with E-state index in [2.05, 4.69) is 10.1 Å². The summed E-state index contributed by atoms with van der Waals surface area (Å²) >= 11 is 0. The Morgan fingerprint density at radius 1 is 1.04 bits per heavy atom. The average Bonchev–Trinajstić information content (AvgIpc) is 2.60. The maximum Gasteiger partial charge on any atom is 0.128 e. The van der Waals surface area contributed by atoms with Crippen LogP contribution < -0.4 is 0 Å². The number of oxime groups is 1. The molecule has 0 spiro atoms. The van der Waals surface area contributed by atoms with Crippen molar-refractivity contribution < 1.29 is 15.4 Å². The molecule has 1 aromatic heterocycles. The Kier molecular flexibility index (Phi) is 4.33. The first-order chi connectivity index (χ1) is 11.6. The number of fused-ring (bicyclic) bond motifs is 1. The van der Waals surface area contributed by atoms with Crippen molar-refractivity contribution in [2.75, 3.05) is 0 Å². The van der Waals surface area contributed by atoms with Crippen LogP contribution in [0.1, 0.15) is 23.7 Å². The first-order valence-corrected chi connectivity index (χ1v) is 7.73. The highest BCUT2D eigenvalue weighted by atomic mass is 16.4. The largest absolute Gasteiger partial charge is 0.508 e. The second kappa shape index (κ2) is 6.58. The van der Waals surface area contributed by atoms with Crippen molar-refractivity contribution in [1.29, 1.82) is 0 Å². The van der Waals surface area contributed by atoms with Crippen molar-refractivity contribution in [3.05, 3.63) is 65.4 Å². The summed E-state index contributed by atoms with van der Waals surface area (Å²) < 4.78 is 0. The van der Waals surface area contributed by atoms with Crippen molar-refractivity contribution >= 4 is 16.6 Å². The Morgan fingerprint density at radius 3 is 2.58 bits per heavy atom. The summed E-state index contributed by atoms with van der Waals surface area (Å²) in [6, 6.07) is 14.5. The van der Waals surface area contributed by atoms with E-state index in [0.29, 0.717) is 23.3 Å². The van der Waals surface area contributed by atoms with Gasteiger partial charge in [0.15, 0.2) is 0 Å². The number of benzene rings is 2. The van der Waals surface area contributed by atoms with Crippen LogP contribution in [0.4, 0.5) is 0 Å². The summed E-state index contributed by atoms with van der Waals surface area (Å²) in [5, 5.41) is 33.7. The number of rotatable bonds is 4. The summed E-state index contributed by atoms with van der Waals surface area (Å²) in [6.45, 7) is 1.90. The molecule has 0 unspecified atom stereocenters. The maximum atomic E-state index is 10.1. The number of aryl methyl sites for hydroxylation is 1.